The molecule has 1 atom stereocenters. The Labute approximate surface area is 176 Å². The van der Waals surface area contributed by atoms with Crippen molar-refractivity contribution in [2.24, 2.45) is 4.99 Å². The summed E-state index contributed by atoms with van der Waals surface area (Å²) in [6.07, 6.45) is 6.78. The Bertz CT molecular complexity index is 642. The highest BCUT2D eigenvalue weighted by Crippen LogP contribution is 2.26. The molecule has 0 aromatic heterocycles. The zero-order chi connectivity index (χ0) is 20.5. The van der Waals surface area contributed by atoms with Gasteiger partial charge in [0.1, 0.15) is 12.4 Å². The molecule has 162 valence electrons. The number of likely N-dealkylation sites (tertiary alicyclic amines) is 1. The maximum absolute atomic E-state index is 5.85. The summed E-state index contributed by atoms with van der Waals surface area (Å²) in [7, 11) is 4.11. The molecule has 1 saturated heterocycles. The minimum absolute atomic E-state index is 0.495. The summed E-state index contributed by atoms with van der Waals surface area (Å²) in [5.41, 5.74) is 1.17. The molecule has 0 spiro atoms. The number of nitrogens with zero attached hydrogens (tertiary/aromatic N) is 3. The lowest BCUT2D eigenvalue weighted by atomic mass is 10.2. The van der Waals surface area contributed by atoms with E-state index in [1.54, 1.807) is 0 Å². The van der Waals surface area contributed by atoms with Crippen LogP contribution in [0.25, 0.3) is 0 Å². The van der Waals surface area contributed by atoms with E-state index in [4.69, 9.17) is 9.73 Å². The summed E-state index contributed by atoms with van der Waals surface area (Å²) in [6.45, 7) is 7.62. The van der Waals surface area contributed by atoms with E-state index in [9.17, 15) is 0 Å². The van der Waals surface area contributed by atoms with E-state index in [0.717, 1.165) is 37.4 Å². The van der Waals surface area contributed by atoms with Crippen LogP contribution in [0, 0.1) is 0 Å². The van der Waals surface area contributed by atoms with Gasteiger partial charge in [-0.1, -0.05) is 25.0 Å². The van der Waals surface area contributed by atoms with Crippen molar-refractivity contribution in [1.82, 2.24) is 20.4 Å². The van der Waals surface area contributed by atoms with Crippen molar-refractivity contribution >= 4 is 5.96 Å². The lowest BCUT2D eigenvalue weighted by Gasteiger charge is -2.24. The molecule has 0 bridgehead atoms. The Hall–Kier alpha value is -1.79. The van der Waals surface area contributed by atoms with Gasteiger partial charge in [0, 0.05) is 38.3 Å². The Morgan fingerprint density at radius 2 is 2.07 bits per heavy atom. The molecule has 2 aliphatic rings. The molecule has 2 N–H and O–H groups in total. The number of hydrogen-bond donors (Lipinski definition) is 2. The normalized spacial score (nSPS) is 21.1. The largest absolute Gasteiger partial charge is 0.492 e. The highest BCUT2D eigenvalue weighted by Gasteiger charge is 2.30. The molecule has 3 rings (SSSR count). The summed E-state index contributed by atoms with van der Waals surface area (Å²) >= 11 is 0. The molecule has 6 heteroatoms. The van der Waals surface area contributed by atoms with E-state index in [-0.39, 0.29) is 0 Å². The summed E-state index contributed by atoms with van der Waals surface area (Å²) in [5.74, 6) is 1.84. The van der Waals surface area contributed by atoms with Crippen LogP contribution in [0.5, 0.6) is 5.75 Å². The summed E-state index contributed by atoms with van der Waals surface area (Å²) in [6, 6.07) is 9.59. The van der Waals surface area contributed by atoms with Crippen LogP contribution in [0.2, 0.25) is 0 Å². The zero-order valence-corrected chi connectivity index (χ0v) is 18.5. The third-order valence-electron chi connectivity index (χ3n) is 5.87. The molecule has 1 aliphatic heterocycles. The second-order valence-corrected chi connectivity index (χ2v) is 8.56. The predicted octanol–water partition coefficient (Wildman–Crippen LogP) is 2.70. The van der Waals surface area contributed by atoms with Crippen molar-refractivity contribution in [3.8, 4) is 5.75 Å². The van der Waals surface area contributed by atoms with Gasteiger partial charge in [0.05, 0.1) is 6.54 Å². The zero-order valence-electron chi connectivity index (χ0n) is 18.5. The average Bonchev–Trinajstić information content (AvgIpc) is 3.38. The number of hydrogen-bond acceptors (Lipinski definition) is 4. The fourth-order valence-corrected chi connectivity index (χ4v) is 4.27. The monoisotopic (exact) mass is 401 g/mol. The molecule has 6 nitrogen and oxygen atoms in total. The maximum Gasteiger partial charge on any atom is 0.191 e. The van der Waals surface area contributed by atoms with E-state index in [0.29, 0.717) is 19.2 Å². The Morgan fingerprint density at radius 3 is 2.83 bits per heavy atom. The van der Waals surface area contributed by atoms with Crippen LogP contribution < -0.4 is 15.4 Å². The van der Waals surface area contributed by atoms with Crippen LogP contribution in [-0.4, -0.2) is 74.7 Å². The Morgan fingerprint density at radius 1 is 1.24 bits per heavy atom. The number of benzene rings is 1. The van der Waals surface area contributed by atoms with Crippen molar-refractivity contribution < 1.29 is 4.74 Å². The maximum atomic E-state index is 5.85. The molecule has 0 amide bonds. The van der Waals surface area contributed by atoms with E-state index >= 15 is 0 Å². The van der Waals surface area contributed by atoms with Gasteiger partial charge in [-0.3, -0.25) is 4.90 Å². The van der Waals surface area contributed by atoms with Gasteiger partial charge in [-0.05, 0) is 58.0 Å². The van der Waals surface area contributed by atoms with Crippen molar-refractivity contribution in [1.29, 1.82) is 0 Å². The Kier molecular flexibility index (Phi) is 8.62. The highest BCUT2D eigenvalue weighted by molar-refractivity contribution is 5.80. The van der Waals surface area contributed by atoms with E-state index in [1.807, 2.05) is 12.1 Å². The van der Waals surface area contributed by atoms with Gasteiger partial charge in [-0.25, -0.2) is 4.99 Å². The lowest BCUT2D eigenvalue weighted by molar-refractivity contribution is 0.242. The predicted molar refractivity (Wildman–Crippen MR) is 121 cm³/mol. The van der Waals surface area contributed by atoms with Gasteiger partial charge >= 0.3 is 0 Å². The van der Waals surface area contributed by atoms with Gasteiger partial charge in [0.2, 0.25) is 0 Å². The van der Waals surface area contributed by atoms with Crippen LogP contribution in [0.4, 0.5) is 0 Å². The van der Waals surface area contributed by atoms with Crippen LogP contribution in [0.1, 0.15) is 44.6 Å². The molecule has 1 heterocycles. The first-order valence-electron chi connectivity index (χ1n) is 11.3. The second kappa shape index (κ2) is 11.4. The molecule has 1 aliphatic carbocycles. The van der Waals surface area contributed by atoms with Crippen molar-refractivity contribution in [2.45, 2.75) is 57.7 Å². The minimum Gasteiger partial charge on any atom is -0.492 e. The highest BCUT2D eigenvalue weighted by atomic mass is 16.5. The van der Waals surface area contributed by atoms with Crippen molar-refractivity contribution in [3.63, 3.8) is 0 Å². The summed E-state index contributed by atoms with van der Waals surface area (Å²) in [5, 5.41) is 7.07. The van der Waals surface area contributed by atoms with Crippen LogP contribution >= 0.6 is 0 Å². The van der Waals surface area contributed by atoms with Crippen LogP contribution in [0.15, 0.2) is 29.3 Å². The first kappa shape index (κ1) is 21.9. The Balaban J connectivity index is 1.51. The molecular formula is C23H39N5O. The molecule has 1 saturated carbocycles. The number of rotatable bonds is 9. The number of ether oxygens (including phenoxy) is 1. The van der Waals surface area contributed by atoms with Crippen LogP contribution in [0.3, 0.4) is 0 Å². The molecule has 29 heavy (non-hydrogen) atoms. The number of guanidine groups is 1. The molecule has 0 radical (unpaired) electrons. The summed E-state index contributed by atoms with van der Waals surface area (Å²) < 4.78 is 5.85. The quantitative estimate of drug-likeness (QED) is 0.492. The van der Waals surface area contributed by atoms with E-state index in [2.05, 4.69) is 53.6 Å². The molecular weight excluding hydrogens is 362 g/mol. The van der Waals surface area contributed by atoms with Gasteiger partial charge in [-0.2, -0.15) is 0 Å². The second-order valence-electron chi connectivity index (χ2n) is 8.56. The number of nitrogens with one attached hydrogen (secondary N) is 2. The molecule has 1 aromatic rings. The van der Waals surface area contributed by atoms with Crippen molar-refractivity contribution in [3.05, 3.63) is 29.8 Å². The molecule has 1 aromatic carbocycles. The van der Waals surface area contributed by atoms with E-state index in [1.165, 1.54) is 44.2 Å². The SMILES string of the molecule is CCNC(=NCc1cccc(OCCN(C)C)c1)NC1CCN(C2CCCC2)C1. The minimum atomic E-state index is 0.495. The molecule has 1 unspecified atom stereocenters. The number of likely N-dealkylation sites (N-methyl/N-ethyl adjacent to an activating group) is 1. The third kappa shape index (κ3) is 7.19. The fourth-order valence-electron chi connectivity index (χ4n) is 4.27. The smallest absolute Gasteiger partial charge is 0.191 e. The van der Waals surface area contributed by atoms with Gasteiger partial charge in [0.15, 0.2) is 5.96 Å². The molecule has 2 fully saturated rings. The number of aliphatic imine (C=N–C) groups is 1. The average molecular weight is 402 g/mol. The van der Waals surface area contributed by atoms with Crippen LogP contribution in [-0.2, 0) is 6.54 Å². The first-order valence-corrected chi connectivity index (χ1v) is 11.3. The van der Waals surface area contributed by atoms with Crippen molar-refractivity contribution in [2.75, 3.05) is 46.9 Å². The van der Waals surface area contributed by atoms with Gasteiger partial charge in [0.25, 0.3) is 0 Å². The third-order valence-corrected chi connectivity index (χ3v) is 5.87. The summed E-state index contributed by atoms with van der Waals surface area (Å²) in [4.78, 5) is 9.64. The first-order chi connectivity index (χ1) is 14.1. The lowest BCUT2D eigenvalue weighted by Crippen LogP contribution is -2.45. The van der Waals surface area contributed by atoms with Gasteiger partial charge < -0.3 is 20.3 Å². The fraction of sp³-hybridized carbons (Fsp3) is 0.696. The standard InChI is InChI=1S/C23H39N5O/c1-4-24-23(26-20-12-13-28(18-20)21-9-5-6-10-21)25-17-19-8-7-11-22(16-19)29-15-14-27(2)3/h7-8,11,16,20-21H,4-6,9-10,12-15,17-18H2,1-3H3,(H2,24,25,26). The van der Waals surface area contributed by atoms with E-state index < -0.39 is 0 Å². The van der Waals surface area contributed by atoms with Gasteiger partial charge in [-0.15, -0.1) is 0 Å². The topological polar surface area (TPSA) is 52.1 Å².